The molecule has 0 fully saturated rings. The van der Waals surface area contributed by atoms with E-state index < -0.39 is 0 Å². The highest BCUT2D eigenvalue weighted by atomic mass is 32.2. The summed E-state index contributed by atoms with van der Waals surface area (Å²) in [5.41, 5.74) is 5.25. The molecule has 0 aliphatic rings. The second kappa shape index (κ2) is 6.39. The summed E-state index contributed by atoms with van der Waals surface area (Å²) >= 11 is 1.71. The molecule has 1 atom stereocenters. The zero-order valence-corrected chi connectivity index (χ0v) is 6.66. The number of nitrogens with two attached hydrogens (primary N) is 1. The summed E-state index contributed by atoms with van der Waals surface area (Å²) in [4.78, 5) is 0. The van der Waals surface area contributed by atoms with Crippen LogP contribution in [0, 0.1) is 0 Å². The van der Waals surface area contributed by atoms with Crippen LogP contribution in [0.3, 0.4) is 0 Å². The van der Waals surface area contributed by atoms with Crippen LogP contribution in [0.1, 0.15) is 13.3 Å². The van der Waals surface area contributed by atoms with Crippen LogP contribution in [0.2, 0.25) is 0 Å². The van der Waals surface area contributed by atoms with Crippen molar-refractivity contribution in [1.82, 2.24) is 0 Å². The molecule has 0 aromatic rings. The Kier molecular flexibility index (Phi) is 6.58. The maximum absolute atomic E-state index is 9.02. The van der Waals surface area contributed by atoms with Crippen LogP contribution >= 0.6 is 11.8 Å². The molecule has 0 aliphatic heterocycles. The van der Waals surface area contributed by atoms with Crippen molar-refractivity contribution >= 4 is 11.8 Å². The molecule has 0 spiro atoms. The first-order chi connectivity index (χ1) is 4.31. The SMILES string of the molecule is CCC(O)CSCCN. The predicted molar refractivity (Wildman–Crippen MR) is 42.7 cm³/mol. The Morgan fingerprint density at radius 3 is 2.78 bits per heavy atom. The van der Waals surface area contributed by atoms with Crippen LogP contribution in [0.5, 0.6) is 0 Å². The normalized spacial score (nSPS) is 13.7. The Bertz CT molecular complexity index is 61.0. The van der Waals surface area contributed by atoms with E-state index in [1.807, 2.05) is 6.92 Å². The number of hydrogen-bond acceptors (Lipinski definition) is 3. The van der Waals surface area contributed by atoms with Gasteiger partial charge in [0, 0.05) is 18.1 Å². The molecule has 9 heavy (non-hydrogen) atoms. The lowest BCUT2D eigenvalue weighted by Crippen LogP contribution is -2.10. The topological polar surface area (TPSA) is 46.2 Å². The third-order valence-electron chi connectivity index (χ3n) is 1.04. The molecule has 0 saturated heterocycles. The summed E-state index contributed by atoms with van der Waals surface area (Å²) in [6.45, 7) is 2.69. The van der Waals surface area contributed by atoms with Crippen molar-refractivity contribution in [2.45, 2.75) is 19.4 Å². The maximum Gasteiger partial charge on any atom is 0.0628 e. The molecule has 3 heteroatoms. The quantitative estimate of drug-likeness (QED) is 0.558. The summed E-state index contributed by atoms with van der Waals surface area (Å²) in [7, 11) is 0. The van der Waals surface area contributed by atoms with E-state index in [1.54, 1.807) is 11.8 Å². The zero-order valence-electron chi connectivity index (χ0n) is 5.84. The third-order valence-corrected chi connectivity index (χ3v) is 2.19. The van der Waals surface area contributed by atoms with Crippen LogP contribution in [-0.2, 0) is 0 Å². The van der Waals surface area contributed by atoms with Crippen LogP contribution in [0.15, 0.2) is 0 Å². The van der Waals surface area contributed by atoms with Gasteiger partial charge < -0.3 is 10.8 Å². The van der Waals surface area contributed by atoms with Gasteiger partial charge in [0.15, 0.2) is 0 Å². The van der Waals surface area contributed by atoms with E-state index in [0.29, 0.717) is 6.54 Å². The average molecular weight is 149 g/mol. The summed E-state index contributed by atoms with van der Waals surface area (Å²) in [6, 6.07) is 0. The minimum atomic E-state index is -0.137. The van der Waals surface area contributed by atoms with Gasteiger partial charge in [-0.3, -0.25) is 0 Å². The number of rotatable bonds is 5. The molecule has 3 N–H and O–H groups in total. The molecule has 1 unspecified atom stereocenters. The Morgan fingerprint density at radius 2 is 2.33 bits per heavy atom. The minimum Gasteiger partial charge on any atom is -0.392 e. The lowest BCUT2D eigenvalue weighted by molar-refractivity contribution is 0.195. The Balaban J connectivity index is 2.88. The fourth-order valence-electron chi connectivity index (χ4n) is 0.421. The maximum atomic E-state index is 9.02. The molecule has 0 heterocycles. The molecule has 0 rings (SSSR count). The highest BCUT2D eigenvalue weighted by molar-refractivity contribution is 7.99. The molecule has 0 aromatic heterocycles. The van der Waals surface area contributed by atoms with Gasteiger partial charge in [-0.15, -0.1) is 0 Å². The monoisotopic (exact) mass is 149 g/mol. The molecule has 0 bridgehead atoms. The summed E-state index contributed by atoms with van der Waals surface area (Å²) in [5, 5.41) is 9.02. The van der Waals surface area contributed by atoms with Gasteiger partial charge in [0.2, 0.25) is 0 Å². The lowest BCUT2D eigenvalue weighted by Gasteiger charge is -2.04. The van der Waals surface area contributed by atoms with Crippen LogP contribution in [0.25, 0.3) is 0 Å². The first-order valence-electron chi connectivity index (χ1n) is 3.27. The second-order valence-electron chi connectivity index (χ2n) is 1.93. The van der Waals surface area contributed by atoms with Gasteiger partial charge >= 0.3 is 0 Å². The number of hydrogen-bond donors (Lipinski definition) is 2. The second-order valence-corrected chi connectivity index (χ2v) is 3.08. The molecule has 0 aromatic carbocycles. The Morgan fingerprint density at radius 1 is 1.67 bits per heavy atom. The van der Waals surface area contributed by atoms with Crippen LogP contribution < -0.4 is 5.73 Å². The largest absolute Gasteiger partial charge is 0.392 e. The highest BCUT2D eigenvalue weighted by Crippen LogP contribution is 2.03. The van der Waals surface area contributed by atoms with E-state index in [-0.39, 0.29) is 6.10 Å². The third kappa shape index (κ3) is 6.15. The fourth-order valence-corrected chi connectivity index (χ4v) is 1.26. The first-order valence-corrected chi connectivity index (χ1v) is 4.42. The van der Waals surface area contributed by atoms with Crippen molar-refractivity contribution in [3.8, 4) is 0 Å². The van der Waals surface area contributed by atoms with Crippen molar-refractivity contribution < 1.29 is 5.11 Å². The smallest absolute Gasteiger partial charge is 0.0628 e. The van der Waals surface area contributed by atoms with Gasteiger partial charge in [0.1, 0.15) is 0 Å². The van der Waals surface area contributed by atoms with Crippen LogP contribution in [-0.4, -0.2) is 29.3 Å². The Labute approximate surface area is 60.8 Å². The predicted octanol–water partition coefficient (Wildman–Crippen LogP) is 0.449. The molecule has 0 amide bonds. The van der Waals surface area contributed by atoms with Gasteiger partial charge in [0.25, 0.3) is 0 Å². The van der Waals surface area contributed by atoms with Gasteiger partial charge in [0.05, 0.1) is 6.10 Å². The van der Waals surface area contributed by atoms with E-state index in [9.17, 15) is 0 Å². The van der Waals surface area contributed by atoms with Crippen molar-refractivity contribution in [1.29, 1.82) is 0 Å². The molecular formula is C6H15NOS. The van der Waals surface area contributed by atoms with Crippen molar-refractivity contribution in [2.24, 2.45) is 5.73 Å². The van der Waals surface area contributed by atoms with Gasteiger partial charge in [-0.1, -0.05) is 6.92 Å². The summed E-state index contributed by atoms with van der Waals surface area (Å²) in [5.74, 6) is 1.78. The molecule has 0 saturated carbocycles. The highest BCUT2D eigenvalue weighted by Gasteiger charge is 1.97. The standard InChI is InChI=1S/C6H15NOS/c1-2-6(8)5-9-4-3-7/h6,8H,2-5,7H2,1H3. The minimum absolute atomic E-state index is 0.137. The number of aliphatic hydroxyl groups excluding tert-OH is 1. The zero-order chi connectivity index (χ0) is 7.11. The lowest BCUT2D eigenvalue weighted by atomic mass is 10.3. The summed E-state index contributed by atoms with van der Waals surface area (Å²) in [6.07, 6.45) is 0.707. The van der Waals surface area contributed by atoms with E-state index in [0.717, 1.165) is 17.9 Å². The molecule has 0 radical (unpaired) electrons. The molecular weight excluding hydrogens is 134 g/mol. The molecule has 56 valence electrons. The molecule has 0 aliphatic carbocycles. The van der Waals surface area contributed by atoms with Crippen LogP contribution in [0.4, 0.5) is 0 Å². The number of thioether (sulfide) groups is 1. The average Bonchev–Trinajstić information content (AvgIpc) is 1.89. The van der Waals surface area contributed by atoms with Crippen molar-refractivity contribution in [3.63, 3.8) is 0 Å². The number of aliphatic hydroxyl groups is 1. The molecule has 2 nitrogen and oxygen atoms in total. The van der Waals surface area contributed by atoms with Gasteiger partial charge in [-0.05, 0) is 6.42 Å². The fraction of sp³-hybridized carbons (Fsp3) is 1.00. The van der Waals surface area contributed by atoms with Gasteiger partial charge in [-0.2, -0.15) is 11.8 Å². The summed E-state index contributed by atoms with van der Waals surface area (Å²) < 4.78 is 0. The van der Waals surface area contributed by atoms with Crippen molar-refractivity contribution in [2.75, 3.05) is 18.1 Å². The van der Waals surface area contributed by atoms with E-state index >= 15 is 0 Å². The van der Waals surface area contributed by atoms with Crippen molar-refractivity contribution in [3.05, 3.63) is 0 Å². The van der Waals surface area contributed by atoms with E-state index in [1.165, 1.54) is 0 Å². The van der Waals surface area contributed by atoms with E-state index in [2.05, 4.69) is 0 Å². The Hall–Kier alpha value is 0.270. The van der Waals surface area contributed by atoms with Gasteiger partial charge in [-0.25, -0.2) is 0 Å². The first kappa shape index (κ1) is 9.27. The van der Waals surface area contributed by atoms with E-state index in [4.69, 9.17) is 10.8 Å².